The number of phenolic OH excluding ortho intramolecular Hbond substituents is 1. The van der Waals surface area contributed by atoms with Crippen molar-refractivity contribution in [1.82, 2.24) is 9.97 Å². The van der Waals surface area contributed by atoms with Crippen molar-refractivity contribution in [3.8, 4) is 5.75 Å². The molecular weight excluding hydrogens is 282 g/mol. The van der Waals surface area contributed by atoms with Crippen LogP contribution in [0.15, 0.2) is 30.3 Å². The third kappa shape index (κ3) is 2.47. The summed E-state index contributed by atoms with van der Waals surface area (Å²) in [7, 11) is 0. The molecule has 2 heterocycles. The van der Waals surface area contributed by atoms with Crippen molar-refractivity contribution in [1.29, 1.82) is 0 Å². The number of fused-ring (bicyclic) bond motifs is 1. The van der Waals surface area contributed by atoms with Gasteiger partial charge in [0.15, 0.2) is 0 Å². The highest BCUT2D eigenvalue weighted by Crippen LogP contribution is 2.31. The van der Waals surface area contributed by atoms with Crippen molar-refractivity contribution in [2.75, 3.05) is 5.32 Å². The fourth-order valence-corrected chi connectivity index (χ4v) is 2.93. The summed E-state index contributed by atoms with van der Waals surface area (Å²) < 4.78 is 0. The lowest BCUT2D eigenvalue weighted by Gasteiger charge is -2.07. The second-order valence-electron chi connectivity index (χ2n) is 4.09. The number of anilines is 2. The van der Waals surface area contributed by atoms with Crippen LogP contribution in [0.4, 0.5) is 11.5 Å². The summed E-state index contributed by atoms with van der Waals surface area (Å²) in [6.45, 7) is 2.01. The van der Waals surface area contributed by atoms with Gasteiger partial charge in [0, 0.05) is 16.6 Å². The van der Waals surface area contributed by atoms with E-state index in [2.05, 4.69) is 15.3 Å². The van der Waals surface area contributed by atoms with Gasteiger partial charge in [-0.3, -0.25) is 0 Å². The Morgan fingerprint density at radius 1 is 1.26 bits per heavy atom. The van der Waals surface area contributed by atoms with Gasteiger partial charge in [-0.1, -0.05) is 6.07 Å². The van der Waals surface area contributed by atoms with E-state index in [0.717, 1.165) is 20.8 Å². The molecule has 2 N–H and O–H groups in total. The first-order valence-corrected chi connectivity index (χ1v) is 6.81. The number of aromatic hydroxyl groups is 1. The minimum absolute atomic E-state index is 0.197. The highest BCUT2D eigenvalue weighted by molar-refractivity contribution is 7.18. The van der Waals surface area contributed by atoms with Crippen molar-refractivity contribution in [3.05, 3.63) is 40.5 Å². The number of hydrogen-bond acceptors (Lipinski definition) is 5. The molecule has 1 aromatic carbocycles. The molecule has 0 atom stereocenters. The molecule has 0 bridgehead atoms. The molecule has 0 unspecified atom stereocenters. The Labute approximate surface area is 118 Å². The number of nitrogens with zero attached hydrogens (tertiary/aromatic N) is 2. The lowest BCUT2D eigenvalue weighted by molar-refractivity contribution is 0.475. The van der Waals surface area contributed by atoms with Gasteiger partial charge in [-0.2, -0.15) is 4.98 Å². The van der Waals surface area contributed by atoms with Crippen molar-refractivity contribution < 1.29 is 5.11 Å². The third-order valence-electron chi connectivity index (χ3n) is 2.60. The Morgan fingerprint density at radius 2 is 2.11 bits per heavy atom. The van der Waals surface area contributed by atoms with Crippen molar-refractivity contribution in [2.45, 2.75) is 6.92 Å². The molecule has 0 aliphatic carbocycles. The number of nitrogens with one attached hydrogen (secondary N) is 1. The number of aryl methyl sites for hydroxylation is 1. The topological polar surface area (TPSA) is 58.0 Å². The molecule has 3 aromatic rings. The van der Waals surface area contributed by atoms with Crippen molar-refractivity contribution >= 4 is 44.7 Å². The minimum Gasteiger partial charge on any atom is -0.508 e. The summed E-state index contributed by atoms with van der Waals surface area (Å²) in [5.74, 6) is 0.841. The first-order valence-electron chi connectivity index (χ1n) is 5.61. The quantitative estimate of drug-likeness (QED) is 0.698. The molecule has 3 rings (SSSR count). The van der Waals surface area contributed by atoms with E-state index in [4.69, 9.17) is 11.6 Å². The predicted octanol–water partition coefficient (Wildman–Crippen LogP) is 4.10. The molecule has 2 aromatic heterocycles. The number of thiophene rings is 1. The van der Waals surface area contributed by atoms with Crippen LogP contribution >= 0.6 is 22.9 Å². The molecule has 0 spiro atoms. The molecule has 0 saturated carbocycles. The van der Waals surface area contributed by atoms with Gasteiger partial charge in [0.2, 0.25) is 5.28 Å². The summed E-state index contributed by atoms with van der Waals surface area (Å²) in [5, 5.41) is 13.8. The molecule has 6 heteroatoms. The molecule has 0 aliphatic rings. The number of aromatic nitrogens is 2. The van der Waals surface area contributed by atoms with Crippen LogP contribution in [0.3, 0.4) is 0 Å². The van der Waals surface area contributed by atoms with Gasteiger partial charge in [-0.15, -0.1) is 11.3 Å². The van der Waals surface area contributed by atoms with Gasteiger partial charge < -0.3 is 10.4 Å². The zero-order valence-corrected chi connectivity index (χ0v) is 11.6. The lowest BCUT2D eigenvalue weighted by atomic mass is 10.3. The van der Waals surface area contributed by atoms with E-state index in [1.165, 1.54) is 0 Å². The normalized spacial score (nSPS) is 10.8. The molecule has 0 fully saturated rings. The number of benzene rings is 1. The fraction of sp³-hybridized carbons (Fsp3) is 0.0769. The smallest absolute Gasteiger partial charge is 0.225 e. The van der Waals surface area contributed by atoms with Gasteiger partial charge in [0.05, 0.1) is 5.39 Å². The molecule has 96 valence electrons. The number of phenols is 1. The van der Waals surface area contributed by atoms with Crippen LogP contribution in [-0.2, 0) is 0 Å². The van der Waals surface area contributed by atoms with Gasteiger partial charge in [-0.05, 0) is 36.7 Å². The fourth-order valence-electron chi connectivity index (χ4n) is 1.83. The van der Waals surface area contributed by atoms with Crippen LogP contribution < -0.4 is 5.32 Å². The molecular formula is C13H10ClN3OS. The van der Waals surface area contributed by atoms with Gasteiger partial charge in [0.1, 0.15) is 16.4 Å². The molecule has 0 radical (unpaired) electrons. The van der Waals surface area contributed by atoms with E-state index >= 15 is 0 Å². The average molecular weight is 292 g/mol. The summed E-state index contributed by atoms with van der Waals surface area (Å²) in [4.78, 5) is 10.4. The summed E-state index contributed by atoms with van der Waals surface area (Å²) >= 11 is 7.49. The molecule has 19 heavy (non-hydrogen) atoms. The summed E-state index contributed by atoms with van der Waals surface area (Å²) in [6, 6.07) is 8.86. The van der Waals surface area contributed by atoms with Crippen molar-refractivity contribution in [2.24, 2.45) is 0 Å². The lowest BCUT2D eigenvalue weighted by Crippen LogP contribution is -1.95. The average Bonchev–Trinajstić information content (AvgIpc) is 2.69. The van der Waals surface area contributed by atoms with Gasteiger partial charge in [-0.25, -0.2) is 4.98 Å². The molecule has 0 aliphatic heterocycles. The maximum Gasteiger partial charge on any atom is 0.225 e. The molecule has 0 saturated heterocycles. The van der Waals surface area contributed by atoms with Crippen LogP contribution in [0.5, 0.6) is 5.75 Å². The summed E-state index contributed by atoms with van der Waals surface area (Å²) in [6.07, 6.45) is 0. The third-order valence-corrected chi connectivity index (χ3v) is 3.71. The Bertz CT molecular complexity index is 757. The zero-order chi connectivity index (χ0) is 13.4. The van der Waals surface area contributed by atoms with E-state index in [1.807, 2.05) is 19.1 Å². The standard InChI is InChI=1S/C13H10ClN3OS/c1-7-5-10-11(16-13(14)17-12(10)19-7)15-8-3-2-4-9(18)6-8/h2-6,18H,1H3,(H,15,16,17). The van der Waals surface area contributed by atoms with Gasteiger partial charge >= 0.3 is 0 Å². The Hall–Kier alpha value is -1.85. The predicted molar refractivity (Wildman–Crippen MR) is 78.6 cm³/mol. The Kier molecular flexibility index (Phi) is 3.00. The molecule has 0 amide bonds. The van der Waals surface area contributed by atoms with Crippen LogP contribution in [0, 0.1) is 6.92 Å². The first-order chi connectivity index (χ1) is 9.11. The SMILES string of the molecule is Cc1cc2c(Nc3cccc(O)c3)nc(Cl)nc2s1. The Morgan fingerprint density at radius 3 is 2.89 bits per heavy atom. The van der Waals surface area contributed by atoms with Crippen LogP contribution in [-0.4, -0.2) is 15.1 Å². The van der Waals surface area contributed by atoms with Gasteiger partial charge in [0.25, 0.3) is 0 Å². The largest absolute Gasteiger partial charge is 0.508 e. The highest BCUT2D eigenvalue weighted by atomic mass is 35.5. The highest BCUT2D eigenvalue weighted by Gasteiger charge is 2.10. The summed E-state index contributed by atoms with van der Waals surface area (Å²) in [5.41, 5.74) is 0.750. The van der Waals surface area contributed by atoms with Crippen LogP contribution in [0.1, 0.15) is 4.88 Å². The van der Waals surface area contributed by atoms with E-state index in [9.17, 15) is 5.11 Å². The monoisotopic (exact) mass is 291 g/mol. The minimum atomic E-state index is 0.197. The maximum absolute atomic E-state index is 9.47. The number of rotatable bonds is 2. The number of hydrogen-bond donors (Lipinski definition) is 2. The Balaban J connectivity index is 2.09. The van der Waals surface area contributed by atoms with E-state index in [0.29, 0.717) is 5.82 Å². The second kappa shape index (κ2) is 4.68. The zero-order valence-electron chi connectivity index (χ0n) is 10.0. The van der Waals surface area contributed by atoms with Crippen molar-refractivity contribution in [3.63, 3.8) is 0 Å². The second-order valence-corrected chi connectivity index (χ2v) is 5.67. The number of halogens is 1. The van der Waals surface area contributed by atoms with Crippen LogP contribution in [0.2, 0.25) is 5.28 Å². The van der Waals surface area contributed by atoms with Crippen LogP contribution in [0.25, 0.3) is 10.2 Å². The van der Waals surface area contributed by atoms with E-state index in [-0.39, 0.29) is 11.0 Å². The van der Waals surface area contributed by atoms with E-state index in [1.54, 1.807) is 29.5 Å². The van der Waals surface area contributed by atoms with E-state index < -0.39 is 0 Å². The maximum atomic E-state index is 9.47. The molecule has 4 nitrogen and oxygen atoms in total. The first kappa shape index (κ1) is 12.2.